The van der Waals surface area contributed by atoms with Crippen LogP contribution in [0.15, 0.2) is 17.5 Å². The molecular weight excluding hydrogens is 233 g/mol. The molecule has 1 heterocycles. The molecule has 14 heavy (non-hydrogen) atoms. The smallest absolute Gasteiger partial charge is 0.207 e. The number of hydrogen-bond donors (Lipinski definition) is 0. The summed E-state index contributed by atoms with van der Waals surface area (Å²) in [5.41, 5.74) is -0.130. The van der Waals surface area contributed by atoms with Gasteiger partial charge in [0.2, 0.25) is 0 Å². The predicted molar refractivity (Wildman–Crippen MR) is 51.8 cm³/mol. The predicted octanol–water partition coefficient (Wildman–Crippen LogP) is 4.63. The molecule has 1 aromatic carbocycles. The van der Waals surface area contributed by atoms with Crippen LogP contribution in [0.3, 0.4) is 0 Å². The number of benzene rings is 1. The first-order valence-electron chi connectivity index (χ1n) is 3.74. The molecule has 0 unspecified atom stereocenters. The zero-order chi connectivity index (χ0) is 10.3. The first kappa shape index (κ1) is 9.80. The van der Waals surface area contributed by atoms with Crippen molar-refractivity contribution in [2.75, 3.05) is 0 Å². The third-order valence-corrected chi connectivity index (χ3v) is 3.10. The fourth-order valence-corrected chi connectivity index (χ4v) is 2.64. The second-order valence-electron chi connectivity index (χ2n) is 2.75. The molecule has 2 aromatic rings. The van der Waals surface area contributed by atoms with E-state index in [4.69, 9.17) is 11.6 Å². The van der Waals surface area contributed by atoms with E-state index in [9.17, 15) is 13.2 Å². The average molecular weight is 237 g/mol. The van der Waals surface area contributed by atoms with E-state index in [1.807, 2.05) is 0 Å². The highest BCUT2D eigenvalue weighted by Gasteiger charge is 2.16. The molecule has 74 valence electrons. The summed E-state index contributed by atoms with van der Waals surface area (Å²) < 4.78 is 38.2. The summed E-state index contributed by atoms with van der Waals surface area (Å²) in [5.74, 6) is -0.509. The molecule has 0 nitrogen and oxygen atoms in total. The highest BCUT2D eigenvalue weighted by atomic mass is 35.5. The molecule has 0 saturated carbocycles. The quantitative estimate of drug-likeness (QED) is 0.677. The Morgan fingerprint density at radius 1 is 1.29 bits per heavy atom. The third kappa shape index (κ3) is 1.48. The van der Waals surface area contributed by atoms with Crippen LogP contribution in [0, 0.1) is 5.82 Å². The van der Waals surface area contributed by atoms with E-state index >= 15 is 0 Å². The van der Waals surface area contributed by atoms with Gasteiger partial charge in [0.1, 0.15) is 5.82 Å². The Balaban J connectivity index is 2.79. The summed E-state index contributed by atoms with van der Waals surface area (Å²) in [6.45, 7) is 0. The average Bonchev–Trinajstić information content (AvgIpc) is 2.47. The van der Waals surface area contributed by atoms with Crippen molar-refractivity contribution >= 4 is 33.0 Å². The SMILES string of the molecule is Fc1cc(Cl)c2c(C(F)F)csc2c1. The summed E-state index contributed by atoms with van der Waals surface area (Å²) in [4.78, 5) is 0. The van der Waals surface area contributed by atoms with Gasteiger partial charge in [0.05, 0.1) is 5.02 Å². The van der Waals surface area contributed by atoms with Crippen molar-refractivity contribution in [1.82, 2.24) is 0 Å². The van der Waals surface area contributed by atoms with Gasteiger partial charge in [-0.25, -0.2) is 13.2 Å². The minimum atomic E-state index is -2.58. The van der Waals surface area contributed by atoms with Gasteiger partial charge in [-0.15, -0.1) is 11.3 Å². The van der Waals surface area contributed by atoms with Crippen molar-refractivity contribution in [2.45, 2.75) is 6.43 Å². The Hall–Kier alpha value is -0.740. The Kier molecular flexibility index (Phi) is 2.41. The Morgan fingerprint density at radius 2 is 2.00 bits per heavy atom. The van der Waals surface area contributed by atoms with Crippen LogP contribution in [-0.4, -0.2) is 0 Å². The van der Waals surface area contributed by atoms with E-state index in [1.165, 1.54) is 11.4 Å². The lowest BCUT2D eigenvalue weighted by molar-refractivity contribution is 0.153. The Labute approximate surface area is 86.9 Å². The summed E-state index contributed by atoms with van der Waals surface area (Å²) in [7, 11) is 0. The maximum Gasteiger partial charge on any atom is 0.265 e. The topological polar surface area (TPSA) is 0 Å². The van der Waals surface area contributed by atoms with Crippen molar-refractivity contribution < 1.29 is 13.2 Å². The molecule has 5 heteroatoms. The van der Waals surface area contributed by atoms with Crippen LogP contribution in [0.5, 0.6) is 0 Å². The highest BCUT2D eigenvalue weighted by molar-refractivity contribution is 7.17. The largest absolute Gasteiger partial charge is 0.265 e. The van der Waals surface area contributed by atoms with E-state index in [0.717, 1.165) is 17.4 Å². The normalized spacial score (nSPS) is 11.5. The van der Waals surface area contributed by atoms with E-state index in [0.29, 0.717) is 4.70 Å². The standard InChI is InChI=1S/C9H4ClF3S/c10-6-1-4(11)2-7-8(6)5(3-14-7)9(12)13/h1-3,9H. The van der Waals surface area contributed by atoms with Gasteiger partial charge in [-0.05, 0) is 12.1 Å². The number of rotatable bonds is 1. The van der Waals surface area contributed by atoms with Crippen LogP contribution < -0.4 is 0 Å². The monoisotopic (exact) mass is 236 g/mol. The van der Waals surface area contributed by atoms with Crippen LogP contribution in [0.25, 0.3) is 10.1 Å². The molecular formula is C9H4ClF3S. The fraction of sp³-hybridized carbons (Fsp3) is 0.111. The molecule has 0 spiro atoms. The third-order valence-electron chi connectivity index (χ3n) is 1.86. The van der Waals surface area contributed by atoms with Crippen molar-refractivity contribution in [1.29, 1.82) is 0 Å². The van der Waals surface area contributed by atoms with Gasteiger partial charge in [-0.3, -0.25) is 0 Å². The van der Waals surface area contributed by atoms with Gasteiger partial charge in [-0.1, -0.05) is 11.6 Å². The molecule has 0 N–H and O–H groups in total. The van der Waals surface area contributed by atoms with Gasteiger partial charge in [0.15, 0.2) is 0 Å². The first-order chi connectivity index (χ1) is 6.59. The zero-order valence-corrected chi connectivity index (χ0v) is 8.30. The van der Waals surface area contributed by atoms with Gasteiger partial charge in [0.25, 0.3) is 6.43 Å². The second-order valence-corrected chi connectivity index (χ2v) is 4.07. The van der Waals surface area contributed by atoms with Crippen molar-refractivity contribution in [3.05, 3.63) is 33.9 Å². The molecule has 0 fully saturated rings. The Bertz CT molecular complexity index is 478. The van der Waals surface area contributed by atoms with Crippen molar-refractivity contribution in [3.63, 3.8) is 0 Å². The maximum atomic E-state index is 12.8. The summed E-state index contributed by atoms with van der Waals surface area (Å²) in [6, 6.07) is 2.25. The van der Waals surface area contributed by atoms with Crippen LogP contribution in [-0.2, 0) is 0 Å². The van der Waals surface area contributed by atoms with E-state index in [1.54, 1.807) is 0 Å². The van der Waals surface area contributed by atoms with Crippen LogP contribution >= 0.6 is 22.9 Å². The molecule has 0 aliphatic heterocycles. The molecule has 0 saturated heterocycles. The zero-order valence-electron chi connectivity index (χ0n) is 6.73. The maximum absolute atomic E-state index is 12.8. The first-order valence-corrected chi connectivity index (χ1v) is 4.99. The van der Waals surface area contributed by atoms with Gasteiger partial charge in [0, 0.05) is 21.0 Å². The van der Waals surface area contributed by atoms with Gasteiger partial charge >= 0.3 is 0 Å². The molecule has 2 rings (SSSR count). The van der Waals surface area contributed by atoms with Crippen LogP contribution in [0.4, 0.5) is 13.2 Å². The number of alkyl halides is 2. The lowest BCUT2D eigenvalue weighted by Crippen LogP contribution is -1.82. The Morgan fingerprint density at radius 3 is 2.64 bits per heavy atom. The molecule has 0 bridgehead atoms. The summed E-state index contributed by atoms with van der Waals surface area (Å²) in [6.07, 6.45) is -2.58. The molecule has 0 atom stereocenters. The molecule has 1 aromatic heterocycles. The summed E-state index contributed by atoms with van der Waals surface area (Å²) >= 11 is 6.75. The second kappa shape index (κ2) is 3.44. The highest BCUT2D eigenvalue weighted by Crippen LogP contribution is 2.37. The number of hydrogen-bond acceptors (Lipinski definition) is 1. The van der Waals surface area contributed by atoms with E-state index in [-0.39, 0.29) is 16.0 Å². The molecule has 0 radical (unpaired) electrons. The number of fused-ring (bicyclic) bond motifs is 1. The minimum Gasteiger partial charge on any atom is -0.207 e. The van der Waals surface area contributed by atoms with Crippen LogP contribution in [0.1, 0.15) is 12.0 Å². The lowest BCUT2D eigenvalue weighted by atomic mass is 10.2. The van der Waals surface area contributed by atoms with E-state index < -0.39 is 12.2 Å². The van der Waals surface area contributed by atoms with Gasteiger partial charge < -0.3 is 0 Å². The van der Waals surface area contributed by atoms with Crippen molar-refractivity contribution in [2.24, 2.45) is 0 Å². The van der Waals surface area contributed by atoms with Crippen molar-refractivity contribution in [3.8, 4) is 0 Å². The van der Waals surface area contributed by atoms with Gasteiger partial charge in [-0.2, -0.15) is 0 Å². The van der Waals surface area contributed by atoms with Crippen LogP contribution in [0.2, 0.25) is 5.02 Å². The molecule has 0 amide bonds. The fourth-order valence-electron chi connectivity index (χ4n) is 1.27. The lowest BCUT2D eigenvalue weighted by Gasteiger charge is -1.99. The number of halogens is 4. The summed E-state index contributed by atoms with van der Waals surface area (Å²) in [5, 5.41) is 1.60. The van der Waals surface area contributed by atoms with E-state index in [2.05, 4.69) is 0 Å². The minimum absolute atomic E-state index is 0.0385. The molecule has 0 aliphatic rings. The number of thiophene rings is 1. The molecule has 0 aliphatic carbocycles.